The number of amides is 1. The van der Waals surface area contributed by atoms with Gasteiger partial charge in [0.05, 0.1) is 28.4 Å². The fraction of sp³-hybridized carbons (Fsp3) is 0.240. The summed E-state index contributed by atoms with van der Waals surface area (Å²) in [5.74, 6) is 0.791. The molecule has 182 valence electrons. The molecule has 2 heterocycles. The second-order valence-corrected chi connectivity index (χ2v) is 10.2. The van der Waals surface area contributed by atoms with Crippen LogP contribution in [0.3, 0.4) is 0 Å². The van der Waals surface area contributed by atoms with E-state index < -0.39 is 17.9 Å². The van der Waals surface area contributed by atoms with E-state index in [1.54, 1.807) is 36.9 Å². The van der Waals surface area contributed by atoms with E-state index in [4.69, 9.17) is 0 Å². The minimum atomic E-state index is -4.57. The van der Waals surface area contributed by atoms with Crippen molar-refractivity contribution in [3.8, 4) is 0 Å². The summed E-state index contributed by atoms with van der Waals surface area (Å²) < 4.78 is 41.3. The molecule has 4 aromatic rings. The third kappa shape index (κ3) is 5.76. The first kappa shape index (κ1) is 25.0. The van der Waals surface area contributed by atoms with Gasteiger partial charge in [-0.15, -0.1) is 11.8 Å². The molecule has 1 atom stereocenters. The van der Waals surface area contributed by atoms with Gasteiger partial charge in [0.15, 0.2) is 0 Å². The number of thiazole rings is 1. The topological polar surface area (TPSA) is 64.0 Å². The summed E-state index contributed by atoms with van der Waals surface area (Å²) in [6.45, 7) is 3.71. The highest BCUT2D eigenvalue weighted by Crippen LogP contribution is 2.30. The number of nitrogens with one attached hydrogen (secondary N) is 1. The molecule has 0 saturated carbocycles. The Morgan fingerprint density at radius 2 is 1.89 bits per heavy atom. The molecule has 2 aromatic carbocycles. The lowest BCUT2D eigenvalue weighted by molar-refractivity contribution is -0.141. The zero-order valence-corrected chi connectivity index (χ0v) is 20.6. The molecule has 1 N–H and O–H groups in total. The summed E-state index contributed by atoms with van der Waals surface area (Å²) in [4.78, 5) is 29.8. The van der Waals surface area contributed by atoms with Gasteiger partial charge in [0.1, 0.15) is 5.69 Å². The second-order valence-electron chi connectivity index (χ2n) is 7.84. The third-order valence-corrected chi connectivity index (χ3v) is 7.18. The number of hydrogen-bond donors (Lipinski definition) is 1. The zero-order chi connectivity index (χ0) is 25.2. The van der Waals surface area contributed by atoms with Gasteiger partial charge in [-0.3, -0.25) is 14.2 Å². The molecule has 1 amide bonds. The maximum Gasteiger partial charge on any atom is 0.433 e. The number of hydrogen-bond acceptors (Lipinski definition) is 5. The SMILES string of the molecule is CCSc1ccc(CC(=O)Nc2ccc3c(c2)sc(=O)n3C(C)c2cccc(C(F)(F)F)n2)cc1. The van der Waals surface area contributed by atoms with Crippen LogP contribution in [-0.4, -0.2) is 21.2 Å². The number of alkyl halides is 3. The molecule has 0 aliphatic heterocycles. The number of fused-ring (bicyclic) bond motifs is 1. The Morgan fingerprint density at radius 1 is 1.14 bits per heavy atom. The Hall–Kier alpha value is -3.11. The molecule has 0 radical (unpaired) electrons. The molecule has 35 heavy (non-hydrogen) atoms. The molecule has 0 aliphatic rings. The maximum atomic E-state index is 13.1. The average Bonchev–Trinajstić information content (AvgIpc) is 3.14. The number of carbonyl (C=O) groups excluding carboxylic acids is 1. The Morgan fingerprint density at radius 3 is 2.57 bits per heavy atom. The number of benzene rings is 2. The van der Waals surface area contributed by atoms with Crippen molar-refractivity contribution in [3.63, 3.8) is 0 Å². The van der Waals surface area contributed by atoms with Gasteiger partial charge in [-0.25, -0.2) is 4.98 Å². The number of carbonyl (C=O) groups is 1. The molecule has 0 fully saturated rings. The molecule has 0 bridgehead atoms. The summed E-state index contributed by atoms with van der Waals surface area (Å²) >= 11 is 2.70. The molecule has 10 heteroatoms. The lowest BCUT2D eigenvalue weighted by atomic mass is 10.1. The zero-order valence-electron chi connectivity index (χ0n) is 18.9. The minimum absolute atomic E-state index is 0.141. The van der Waals surface area contributed by atoms with Gasteiger partial charge < -0.3 is 5.32 Å². The highest BCUT2D eigenvalue weighted by molar-refractivity contribution is 7.99. The van der Waals surface area contributed by atoms with Crippen LogP contribution in [0.2, 0.25) is 0 Å². The van der Waals surface area contributed by atoms with E-state index >= 15 is 0 Å². The van der Waals surface area contributed by atoms with Crippen molar-refractivity contribution in [1.29, 1.82) is 0 Å². The van der Waals surface area contributed by atoms with Crippen LogP contribution in [0, 0.1) is 0 Å². The van der Waals surface area contributed by atoms with Gasteiger partial charge >= 0.3 is 11.0 Å². The number of pyridine rings is 1. The maximum absolute atomic E-state index is 13.1. The van der Waals surface area contributed by atoms with E-state index in [0.29, 0.717) is 15.9 Å². The summed E-state index contributed by atoms with van der Waals surface area (Å²) in [6.07, 6.45) is -4.36. The number of anilines is 1. The van der Waals surface area contributed by atoms with Crippen LogP contribution in [0.25, 0.3) is 10.2 Å². The standard InChI is InChI=1S/C25H22F3N3O2S2/c1-3-34-18-10-7-16(8-11-18)13-23(32)29-17-9-12-20-21(14-17)35-24(33)31(20)15(2)19-5-4-6-22(30-19)25(26,27)28/h4-12,14-15H,3,13H2,1-2H3,(H,29,32). The van der Waals surface area contributed by atoms with Crippen molar-refractivity contribution in [3.05, 3.63) is 87.3 Å². The number of thioether (sulfide) groups is 1. The van der Waals surface area contributed by atoms with Crippen LogP contribution >= 0.6 is 23.1 Å². The summed E-state index contributed by atoms with van der Waals surface area (Å²) in [5, 5.41) is 2.85. The first-order chi connectivity index (χ1) is 16.7. The van der Waals surface area contributed by atoms with Crippen LogP contribution in [0.4, 0.5) is 18.9 Å². The molecule has 2 aromatic heterocycles. The second kappa shape index (κ2) is 10.2. The lowest BCUT2D eigenvalue weighted by Gasteiger charge is -2.15. The molecular weight excluding hydrogens is 495 g/mol. The van der Waals surface area contributed by atoms with Crippen LogP contribution in [0.15, 0.2) is 70.4 Å². The molecule has 5 nitrogen and oxygen atoms in total. The molecular formula is C25H22F3N3O2S2. The van der Waals surface area contributed by atoms with Crippen molar-refractivity contribution < 1.29 is 18.0 Å². The number of halogens is 3. The van der Waals surface area contributed by atoms with E-state index in [2.05, 4.69) is 17.2 Å². The highest BCUT2D eigenvalue weighted by Gasteiger charge is 2.33. The van der Waals surface area contributed by atoms with Crippen LogP contribution in [0.1, 0.15) is 36.8 Å². The molecule has 0 aliphatic carbocycles. The molecule has 4 rings (SSSR count). The quantitative estimate of drug-likeness (QED) is 0.289. The summed E-state index contributed by atoms with van der Waals surface area (Å²) in [5.41, 5.74) is 1.13. The molecule has 1 unspecified atom stereocenters. The molecule has 0 spiro atoms. The van der Waals surface area contributed by atoms with E-state index in [9.17, 15) is 22.8 Å². The fourth-order valence-electron chi connectivity index (χ4n) is 3.72. The third-order valence-electron chi connectivity index (χ3n) is 5.37. The Balaban J connectivity index is 1.53. The Kier molecular flexibility index (Phi) is 7.32. The smallest absolute Gasteiger partial charge is 0.326 e. The van der Waals surface area contributed by atoms with Crippen molar-refractivity contribution in [2.45, 2.75) is 37.4 Å². The van der Waals surface area contributed by atoms with E-state index in [0.717, 1.165) is 33.6 Å². The average molecular weight is 518 g/mol. The predicted octanol–water partition coefficient (Wildman–Crippen LogP) is 6.38. The van der Waals surface area contributed by atoms with Gasteiger partial charge in [0, 0.05) is 10.6 Å². The first-order valence-corrected chi connectivity index (χ1v) is 12.7. The highest BCUT2D eigenvalue weighted by atomic mass is 32.2. The normalized spacial score (nSPS) is 12.6. The van der Waals surface area contributed by atoms with Crippen LogP contribution in [0.5, 0.6) is 0 Å². The van der Waals surface area contributed by atoms with E-state index in [1.165, 1.54) is 16.7 Å². The lowest BCUT2D eigenvalue weighted by Crippen LogP contribution is -2.20. The monoisotopic (exact) mass is 517 g/mol. The number of nitrogens with zero attached hydrogens (tertiary/aromatic N) is 2. The fourth-order valence-corrected chi connectivity index (χ4v) is 5.38. The van der Waals surface area contributed by atoms with Crippen molar-refractivity contribution in [1.82, 2.24) is 9.55 Å². The van der Waals surface area contributed by atoms with Gasteiger partial charge in [-0.1, -0.05) is 36.5 Å². The van der Waals surface area contributed by atoms with Crippen LogP contribution < -0.4 is 10.2 Å². The van der Waals surface area contributed by atoms with Gasteiger partial charge in [-0.2, -0.15) is 13.2 Å². The van der Waals surface area contributed by atoms with Crippen molar-refractivity contribution >= 4 is 44.9 Å². The minimum Gasteiger partial charge on any atom is -0.326 e. The number of rotatable bonds is 7. The van der Waals surface area contributed by atoms with Gasteiger partial charge in [-0.05, 0) is 60.7 Å². The van der Waals surface area contributed by atoms with Crippen LogP contribution in [-0.2, 0) is 17.4 Å². The number of aromatic nitrogens is 2. The molecule has 0 saturated heterocycles. The summed E-state index contributed by atoms with van der Waals surface area (Å²) in [7, 11) is 0. The van der Waals surface area contributed by atoms with E-state index in [1.807, 2.05) is 24.3 Å². The Bertz CT molecular complexity index is 1410. The van der Waals surface area contributed by atoms with E-state index in [-0.39, 0.29) is 22.9 Å². The first-order valence-electron chi connectivity index (χ1n) is 10.9. The Labute approximate surface area is 208 Å². The van der Waals surface area contributed by atoms with Gasteiger partial charge in [0.25, 0.3) is 0 Å². The van der Waals surface area contributed by atoms with Crippen molar-refractivity contribution in [2.24, 2.45) is 0 Å². The van der Waals surface area contributed by atoms with Crippen molar-refractivity contribution in [2.75, 3.05) is 11.1 Å². The summed E-state index contributed by atoms with van der Waals surface area (Å²) in [6, 6.07) is 15.8. The predicted molar refractivity (Wildman–Crippen MR) is 134 cm³/mol. The largest absolute Gasteiger partial charge is 0.433 e. The van der Waals surface area contributed by atoms with Gasteiger partial charge in [0.2, 0.25) is 5.91 Å².